The highest BCUT2D eigenvalue weighted by molar-refractivity contribution is 5.17. The van der Waals surface area contributed by atoms with Crippen molar-refractivity contribution in [3.63, 3.8) is 0 Å². The number of allylic oxidation sites excluding steroid dienone is 1. The van der Waals surface area contributed by atoms with Gasteiger partial charge in [-0.1, -0.05) is 71.4 Å². The SMILES string of the molecule is CC1=C(CCC2CCC[C@]3(C)[C@@H]([C@H](C)CC[C@H](C)C(C)C)CC[C@@H]23)C[C@@H](O)CC1. The lowest BCUT2D eigenvalue weighted by molar-refractivity contribution is 0.0244. The quantitative estimate of drug-likeness (QED) is 0.406. The molecule has 0 amide bonds. The highest BCUT2D eigenvalue weighted by Crippen LogP contribution is 2.61. The molecule has 0 aromatic carbocycles. The molecule has 1 heteroatoms. The number of fused-ring (bicyclic) bond motifs is 1. The molecule has 2 saturated carbocycles. The molecule has 0 spiro atoms. The Morgan fingerprint density at radius 2 is 1.79 bits per heavy atom. The van der Waals surface area contributed by atoms with E-state index in [-0.39, 0.29) is 6.10 Å². The fourth-order valence-electron chi connectivity index (χ4n) is 7.52. The van der Waals surface area contributed by atoms with E-state index >= 15 is 0 Å². The summed E-state index contributed by atoms with van der Waals surface area (Å²) in [5.41, 5.74) is 3.78. The van der Waals surface area contributed by atoms with Gasteiger partial charge in [-0.3, -0.25) is 0 Å². The summed E-state index contributed by atoms with van der Waals surface area (Å²) >= 11 is 0. The summed E-state index contributed by atoms with van der Waals surface area (Å²) in [7, 11) is 0. The van der Waals surface area contributed by atoms with Crippen LogP contribution in [0.2, 0.25) is 0 Å². The summed E-state index contributed by atoms with van der Waals surface area (Å²) in [5, 5.41) is 10.1. The summed E-state index contributed by atoms with van der Waals surface area (Å²) < 4.78 is 0. The molecule has 0 aliphatic heterocycles. The molecular weight excluding hydrogens is 352 g/mol. The van der Waals surface area contributed by atoms with Crippen molar-refractivity contribution < 1.29 is 5.11 Å². The minimum Gasteiger partial charge on any atom is -0.393 e. The summed E-state index contributed by atoms with van der Waals surface area (Å²) in [6.45, 7) is 14.8. The Kier molecular flexibility index (Phi) is 7.96. The Hall–Kier alpha value is -0.300. The van der Waals surface area contributed by atoms with Gasteiger partial charge >= 0.3 is 0 Å². The third-order valence-corrected chi connectivity index (χ3v) is 10.00. The van der Waals surface area contributed by atoms with Gasteiger partial charge in [0, 0.05) is 0 Å². The lowest BCUT2D eigenvalue weighted by atomic mass is 9.58. The fourth-order valence-corrected chi connectivity index (χ4v) is 7.52. The molecule has 3 aliphatic rings. The van der Waals surface area contributed by atoms with Gasteiger partial charge in [0.25, 0.3) is 0 Å². The molecule has 3 aliphatic carbocycles. The molecule has 0 saturated heterocycles. The summed E-state index contributed by atoms with van der Waals surface area (Å²) in [6, 6.07) is 0. The molecule has 3 rings (SSSR count). The van der Waals surface area contributed by atoms with Crippen molar-refractivity contribution >= 4 is 0 Å². The predicted molar refractivity (Wildman–Crippen MR) is 126 cm³/mol. The van der Waals surface area contributed by atoms with Crippen LogP contribution in [0.3, 0.4) is 0 Å². The second-order valence-corrected chi connectivity index (χ2v) is 12.0. The highest BCUT2D eigenvalue weighted by atomic mass is 16.3. The van der Waals surface area contributed by atoms with Crippen molar-refractivity contribution in [1.82, 2.24) is 0 Å². The van der Waals surface area contributed by atoms with Crippen molar-refractivity contribution in [2.24, 2.45) is 40.9 Å². The van der Waals surface area contributed by atoms with Crippen LogP contribution >= 0.6 is 0 Å². The van der Waals surface area contributed by atoms with Crippen LogP contribution in [0.25, 0.3) is 0 Å². The van der Waals surface area contributed by atoms with E-state index in [0.29, 0.717) is 5.41 Å². The van der Waals surface area contributed by atoms with Gasteiger partial charge < -0.3 is 5.11 Å². The molecule has 0 aromatic heterocycles. The normalized spacial score (nSPS) is 37.7. The maximum absolute atomic E-state index is 10.1. The number of hydrogen-bond donors (Lipinski definition) is 1. The van der Waals surface area contributed by atoms with E-state index in [1.54, 1.807) is 11.1 Å². The minimum absolute atomic E-state index is 0.0738. The zero-order valence-corrected chi connectivity index (χ0v) is 20.5. The van der Waals surface area contributed by atoms with E-state index in [4.69, 9.17) is 0 Å². The van der Waals surface area contributed by atoms with Gasteiger partial charge in [0.2, 0.25) is 0 Å². The second kappa shape index (κ2) is 9.88. The predicted octanol–water partition coefficient (Wildman–Crippen LogP) is 8.17. The lowest BCUT2D eigenvalue weighted by Gasteiger charge is -2.47. The summed E-state index contributed by atoms with van der Waals surface area (Å²) in [6.07, 6.45) is 15.8. The molecular formula is C28H50O. The van der Waals surface area contributed by atoms with Crippen LogP contribution in [0.1, 0.15) is 119 Å². The van der Waals surface area contributed by atoms with E-state index < -0.39 is 0 Å². The topological polar surface area (TPSA) is 20.2 Å². The Morgan fingerprint density at radius 3 is 2.52 bits per heavy atom. The van der Waals surface area contributed by atoms with Gasteiger partial charge in [0.1, 0.15) is 0 Å². The monoisotopic (exact) mass is 402 g/mol. The van der Waals surface area contributed by atoms with E-state index in [0.717, 1.165) is 54.8 Å². The van der Waals surface area contributed by atoms with E-state index in [2.05, 4.69) is 41.5 Å². The lowest BCUT2D eigenvalue weighted by Crippen LogP contribution is -2.39. The molecule has 7 atom stereocenters. The van der Waals surface area contributed by atoms with Crippen molar-refractivity contribution in [3.8, 4) is 0 Å². The van der Waals surface area contributed by atoms with Crippen molar-refractivity contribution in [2.75, 3.05) is 0 Å². The van der Waals surface area contributed by atoms with E-state index in [9.17, 15) is 5.11 Å². The minimum atomic E-state index is -0.0738. The smallest absolute Gasteiger partial charge is 0.0580 e. The molecule has 1 unspecified atom stereocenters. The Balaban J connectivity index is 1.59. The largest absolute Gasteiger partial charge is 0.393 e. The number of aliphatic hydroxyl groups is 1. The molecule has 168 valence electrons. The van der Waals surface area contributed by atoms with Crippen LogP contribution in [0.5, 0.6) is 0 Å². The molecule has 29 heavy (non-hydrogen) atoms. The second-order valence-electron chi connectivity index (χ2n) is 12.0. The van der Waals surface area contributed by atoms with Gasteiger partial charge in [0.15, 0.2) is 0 Å². The molecule has 0 aromatic rings. The summed E-state index contributed by atoms with van der Waals surface area (Å²) in [5.74, 6) is 5.42. The average Bonchev–Trinajstić information content (AvgIpc) is 3.04. The van der Waals surface area contributed by atoms with Crippen LogP contribution < -0.4 is 0 Å². The molecule has 1 N–H and O–H groups in total. The molecule has 0 heterocycles. The zero-order chi connectivity index (χ0) is 21.2. The number of rotatable bonds is 8. The van der Waals surface area contributed by atoms with Crippen LogP contribution in [0.4, 0.5) is 0 Å². The van der Waals surface area contributed by atoms with E-state index in [1.165, 1.54) is 57.8 Å². The Labute approximate surface area is 182 Å². The first kappa shape index (κ1) is 23.4. The molecule has 2 fully saturated rings. The van der Waals surface area contributed by atoms with Gasteiger partial charge in [-0.2, -0.15) is 0 Å². The maximum Gasteiger partial charge on any atom is 0.0580 e. The Morgan fingerprint density at radius 1 is 1.03 bits per heavy atom. The first-order valence-corrected chi connectivity index (χ1v) is 13.1. The Bertz CT molecular complexity index is 561. The van der Waals surface area contributed by atoms with Crippen LogP contribution in [-0.2, 0) is 0 Å². The van der Waals surface area contributed by atoms with E-state index in [1.807, 2.05) is 0 Å². The highest BCUT2D eigenvalue weighted by Gasteiger charge is 2.52. The van der Waals surface area contributed by atoms with Gasteiger partial charge in [-0.25, -0.2) is 0 Å². The first-order valence-electron chi connectivity index (χ1n) is 13.1. The zero-order valence-electron chi connectivity index (χ0n) is 20.5. The van der Waals surface area contributed by atoms with Gasteiger partial charge in [0.05, 0.1) is 6.10 Å². The van der Waals surface area contributed by atoms with Gasteiger partial charge in [-0.15, -0.1) is 0 Å². The average molecular weight is 403 g/mol. The van der Waals surface area contributed by atoms with Gasteiger partial charge in [-0.05, 0) is 99.2 Å². The molecule has 0 bridgehead atoms. The third-order valence-electron chi connectivity index (χ3n) is 10.00. The third kappa shape index (κ3) is 5.31. The first-order chi connectivity index (χ1) is 13.7. The standard InChI is InChI=1S/C28H50O/c1-19(2)20(3)9-10-22(5)26-15-16-27-23(8-7-17-28(26,27)6)12-13-24-18-25(29)14-11-21(24)4/h19-20,22-23,25-27,29H,7-18H2,1-6H3/t20-,22+,23?,25-,26+,27-,28+/m0/s1. The van der Waals surface area contributed by atoms with Crippen LogP contribution in [0, 0.1) is 40.9 Å². The fraction of sp³-hybridized carbons (Fsp3) is 0.929. The van der Waals surface area contributed by atoms with Crippen molar-refractivity contribution in [2.45, 2.75) is 125 Å². The maximum atomic E-state index is 10.1. The van der Waals surface area contributed by atoms with Crippen LogP contribution in [-0.4, -0.2) is 11.2 Å². The van der Waals surface area contributed by atoms with Crippen LogP contribution in [0.15, 0.2) is 11.1 Å². The number of hydrogen-bond acceptors (Lipinski definition) is 1. The summed E-state index contributed by atoms with van der Waals surface area (Å²) in [4.78, 5) is 0. The molecule has 0 radical (unpaired) electrons. The number of aliphatic hydroxyl groups excluding tert-OH is 1. The van der Waals surface area contributed by atoms with Crippen molar-refractivity contribution in [3.05, 3.63) is 11.1 Å². The molecule has 1 nitrogen and oxygen atoms in total. The van der Waals surface area contributed by atoms with Crippen molar-refractivity contribution in [1.29, 1.82) is 0 Å².